The summed E-state index contributed by atoms with van der Waals surface area (Å²) in [6, 6.07) is 19.9. The first-order valence-corrected chi connectivity index (χ1v) is 12.9. The minimum absolute atomic E-state index is 0.103. The highest BCUT2D eigenvalue weighted by Gasteiger charge is 2.28. The molecule has 0 spiro atoms. The standard InChI is InChI=1S/C31H28ClN3O4/c1-18-28(29(35-39-18)23-10-5-6-11-25(23)32)30(37)33-21-9-7-8-19(14-21)27(36)16-26-24-15-22(38-4)13-12-20(24)17-31(2,3)34-26/h5-15H,16-17H2,1-4H3,(H,33,37). The average molecular weight is 542 g/mol. The van der Waals surface area contributed by atoms with Crippen molar-refractivity contribution in [2.45, 2.75) is 39.2 Å². The fraction of sp³-hybridized carbons (Fsp3) is 0.226. The number of nitrogens with one attached hydrogen (secondary N) is 1. The normalized spacial score (nSPS) is 13.8. The molecular weight excluding hydrogens is 514 g/mol. The van der Waals surface area contributed by atoms with Crippen LogP contribution in [0.15, 0.2) is 76.2 Å². The summed E-state index contributed by atoms with van der Waals surface area (Å²) in [5, 5.41) is 7.40. The third kappa shape index (κ3) is 5.49. The first kappa shape index (κ1) is 26.4. The molecule has 0 bridgehead atoms. The Labute approximate surface area is 231 Å². The molecule has 0 saturated carbocycles. The Morgan fingerprint density at radius 2 is 1.85 bits per heavy atom. The van der Waals surface area contributed by atoms with Crippen molar-refractivity contribution >= 4 is 34.7 Å². The molecule has 7 nitrogen and oxygen atoms in total. The van der Waals surface area contributed by atoms with E-state index in [4.69, 9.17) is 25.9 Å². The van der Waals surface area contributed by atoms with Gasteiger partial charge in [-0.2, -0.15) is 0 Å². The molecule has 198 valence electrons. The number of hydrogen-bond acceptors (Lipinski definition) is 6. The molecule has 1 aliphatic rings. The minimum atomic E-state index is -0.410. The van der Waals surface area contributed by atoms with Gasteiger partial charge in [0.1, 0.15) is 22.8 Å². The maximum atomic E-state index is 13.4. The number of hydrogen-bond donors (Lipinski definition) is 1. The molecule has 1 amide bonds. The van der Waals surface area contributed by atoms with Crippen LogP contribution in [0.1, 0.15) is 57.9 Å². The summed E-state index contributed by atoms with van der Waals surface area (Å²) < 4.78 is 10.7. The number of halogens is 1. The molecule has 0 atom stereocenters. The number of ketones is 1. The molecule has 2 heterocycles. The number of benzene rings is 3. The number of fused-ring (bicyclic) bond motifs is 1. The zero-order chi connectivity index (χ0) is 27.7. The number of aryl methyl sites for hydroxylation is 1. The van der Waals surface area contributed by atoms with Gasteiger partial charge in [-0.25, -0.2) is 0 Å². The second-order valence-corrected chi connectivity index (χ2v) is 10.6. The van der Waals surface area contributed by atoms with E-state index in [9.17, 15) is 9.59 Å². The van der Waals surface area contributed by atoms with Gasteiger partial charge in [-0.15, -0.1) is 0 Å². The lowest BCUT2D eigenvalue weighted by Gasteiger charge is -2.29. The van der Waals surface area contributed by atoms with Gasteiger partial charge < -0.3 is 14.6 Å². The van der Waals surface area contributed by atoms with Crippen LogP contribution in [0.2, 0.25) is 5.02 Å². The molecule has 0 radical (unpaired) electrons. The Balaban J connectivity index is 1.39. The molecule has 0 saturated heterocycles. The third-order valence-electron chi connectivity index (χ3n) is 6.68. The van der Waals surface area contributed by atoms with Gasteiger partial charge in [0.15, 0.2) is 5.78 Å². The summed E-state index contributed by atoms with van der Waals surface area (Å²) in [7, 11) is 1.62. The summed E-state index contributed by atoms with van der Waals surface area (Å²) >= 11 is 6.34. The summed E-state index contributed by atoms with van der Waals surface area (Å²) in [4.78, 5) is 31.6. The van der Waals surface area contributed by atoms with Crippen molar-refractivity contribution in [3.05, 3.63) is 99.8 Å². The molecule has 3 aromatic carbocycles. The Morgan fingerprint density at radius 3 is 2.62 bits per heavy atom. The number of nitrogens with zero attached hydrogens (tertiary/aromatic N) is 2. The third-order valence-corrected chi connectivity index (χ3v) is 7.01. The molecular formula is C31H28ClN3O4. The number of ether oxygens (including phenoxy) is 1. The van der Waals surface area contributed by atoms with E-state index in [0.29, 0.717) is 33.3 Å². The lowest BCUT2D eigenvalue weighted by molar-refractivity contribution is 0.0996. The van der Waals surface area contributed by atoms with Crippen LogP contribution in [0.4, 0.5) is 5.69 Å². The van der Waals surface area contributed by atoms with E-state index >= 15 is 0 Å². The van der Waals surface area contributed by atoms with Crippen molar-refractivity contribution in [2.75, 3.05) is 12.4 Å². The van der Waals surface area contributed by atoms with E-state index in [1.807, 2.05) is 24.3 Å². The number of Topliss-reactive ketones (excluding diaryl/α,β-unsaturated/α-hetero) is 1. The number of aliphatic imine (C=N–C) groups is 1. The highest BCUT2D eigenvalue weighted by molar-refractivity contribution is 6.33. The second kappa shape index (κ2) is 10.5. The highest BCUT2D eigenvalue weighted by Crippen LogP contribution is 2.33. The highest BCUT2D eigenvalue weighted by atomic mass is 35.5. The van der Waals surface area contributed by atoms with Gasteiger partial charge in [-0.1, -0.05) is 53.2 Å². The molecule has 0 fully saturated rings. The Morgan fingerprint density at radius 1 is 1.05 bits per heavy atom. The van der Waals surface area contributed by atoms with E-state index in [1.54, 1.807) is 56.5 Å². The van der Waals surface area contributed by atoms with Crippen LogP contribution in [0.3, 0.4) is 0 Å². The number of anilines is 1. The lowest BCUT2D eigenvalue weighted by Crippen LogP contribution is -2.30. The van der Waals surface area contributed by atoms with Gasteiger partial charge in [0, 0.05) is 22.4 Å². The maximum absolute atomic E-state index is 13.4. The predicted molar refractivity (Wildman–Crippen MR) is 152 cm³/mol. The van der Waals surface area contributed by atoms with Gasteiger partial charge in [0.2, 0.25) is 0 Å². The number of rotatable bonds is 7. The molecule has 0 aliphatic carbocycles. The molecule has 8 heteroatoms. The summed E-state index contributed by atoms with van der Waals surface area (Å²) in [6.07, 6.45) is 0.909. The quantitative estimate of drug-likeness (QED) is 0.255. The zero-order valence-corrected chi connectivity index (χ0v) is 22.9. The molecule has 1 N–H and O–H groups in total. The largest absolute Gasteiger partial charge is 0.497 e. The van der Waals surface area contributed by atoms with Crippen molar-refractivity contribution in [3.63, 3.8) is 0 Å². The van der Waals surface area contributed by atoms with Crippen LogP contribution in [0, 0.1) is 6.92 Å². The molecule has 39 heavy (non-hydrogen) atoms. The number of amides is 1. The van der Waals surface area contributed by atoms with Crippen LogP contribution in [-0.4, -0.2) is 35.2 Å². The van der Waals surface area contributed by atoms with Crippen LogP contribution >= 0.6 is 11.6 Å². The Kier molecular flexibility index (Phi) is 7.10. The van der Waals surface area contributed by atoms with E-state index in [0.717, 1.165) is 29.0 Å². The first-order valence-electron chi connectivity index (χ1n) is 12.6. The van der Waals surface area contributed by atoms with Crippen molar-refractivity contribution < 1.29 is 18.8 Å². The molecule has 4 aromatic rings. The maximum Gasteiger partial charge on any atom is 0.261 e. The number of aromatic nitrogens is 1. The van der Waals surface area contributed by atoms with E-state index < -0.39 is 5.91 Å². The smallest absolute Gasteiger partial charge is 0.261 e. The fourth-order valence-electron chi connectivity index (χ4n) is 4.87. The van der Waals surface area contributed by atoms with Gasteiger partial charge in [-0.05, 0) is 63.1 Å². The monoisotopic (exact) mass is 541 g/mol. The Bertz CT molecular complexity index is 1620. The van der Waals surface area contributed by atoms with Gasteiger partial charge >= 0.3 is 0 Å². The fourth-order valence-corrected chi connectivity index (χ4v) is 5.09. The molecule has 0 unspecified atom stereocenters. The van der Waals surface area contributed by atoms with Gasteiger partial charge in [0.05, 0.1) is 29.8 Å². The topological polar surface area (TPSA) is 93.8 Å². The average Bonchev–Trinajstić information content (AvgIpc) is 3.29. The van der Waals surface area contributed by atoms with Crippen molar-refractivity contribution in [1.29, 1.82) is 0 Å². The van der Waals surface area contributed by atoms with Crippen LogP contribution in [-0.2, 0) is 6.42 Å². The number of carbonyl (C=O) groups excluding carboxylic acids is 2. The predicted octanol–water partition coefficient (Wildman–Crippen LogP) is 6.96. The molecule has 1 aromatic heterocycles. The SMILES string of the molecule is COc1ccc2c(c1)C(CC(=O)c1cccc(NC(=O)c3c(-c4ccccc4Cl)noc3C)c1)=NC(C)(C)C2. The lowest BCUT2D eigenvalue weighted by atomic mass is 9.85. The minimum Gasteiger partial charge on any atom is -0.497 e. The van der Waals surface area contributed by atoms with Crippen molar-refractivity contribution in [3.8, 4) is 17.0 Å². The van der Waals surface area contributed by atoms with E-state index in [2.05, 4.69) is 24.3 Å². The van der Waals surface area contributed by atoms with Crippen molar-refractivity contribution in [2.24, 2.45) is 4.99 Å². The number of carbonyl (C=O) groups is 2. The van der Waals surface area contributed by atoms with Crippen molar-refractivity contribution in [1.82, 2.24) is 5.16 Å². The zero-order valence-electron chi connectivity index (χ0n) is 22.2. The summed E-state index contributed by atoms with van der Waals surface area (Å²) in [6.45, 7) is 5.79. The summed E-state index contributed by atoms with van der Waals surface area (Å²) in [5.41, 5.74) is 4.66. The van der Waals surface area contributed by atoms with Crippen LogP contribution in [0.25, 0.3) is 11.3 Å². The first-order chi connectivity index (χ1) is 18.6. The van der Waals surface area contributed by atoms with Crippen LogP contribution < -0.4 is 10.1 Å². The molecule has 5 rings (SSSR count). The number of methoxy groups -OCH3 is 1. The van der Waals surface area contributed by atoms with Gasteiger partial charge in [0.25, 0.3) is 5.91 Å². The summed E-state index contributed by atoms with van der Waals surface area (Å²) in [5.74, 6) is 0.571. The van der Waals surface area contributed by atoms with E-state index in [-0.39, 0.29) is 23.3 Å². The molecule has 1 aliphatic heterocycles. The van der Waals surface area contributed by atoms with E-state index in [1.165, 1.54) is 0 Å². The van der Waals surface area contributed by atoms with Gasteiger partial charge in [-0.3, -0.25) is 14.6 Å². The van der Waals surface area contributed by atoms with Crippen LogP contribution in [0.5, 0.6) is 5.75 Å². The Hall–Kier alpha value is -4.23. The second-order valence-electron chi connectivity index (χ2n) is 10.1.